The highest BCUT2D eigenvalue weighted by atomic mass is 32.2. The summed E-state index contributed by atoms with van der Waals surface area (Å²) in [5.74, 6) is -0.940. The molecule has 25 heavy (non-hydrogen) atoms. The van der Waals surface area contributed by atoms with Crippen LogP contribution in [0.1, 0.15) is 44.6 Å². The first-order valence-corrected chi connectivity index (χ1v) is 10.2. The van der Waals surface area contributed by atoms with E-state index in [4.69, 9.17) is 0 Å². The molecule has 2 rings (SSSR count). The lowest BCUT2D eigenvalue weighted by molar-refractivity contribution is -0.138. The van der Waals surface area contributed by atoms with Gasteiger partial charge >= 0.3 is 0 Å². The van der Waals surface area contributed by atoms with Crippen LogP contribution in [0.3, 0.4) is 0 Å². The highest BCUT2D eigenvalue weighted by Crippen LogP contribution is 2.21. The van der Waals surface area contributed by atoms with Gasteiger partial charge in [0.05, 0.1) is 4.90 Å². The highest BCUT2D eigenvalue weighted by molar-refractivity contribution is 7.89. The molecule has 6 nitrogen and oxygen atoms in total. The van der Waals surface area contributed by atoms with E-state index in [1.807, 2.05) is 13.8 Å². The number of unbranched alkanes of at least 4 members (excludes halogenated alkanes) is 1. The van der Waals surface area contributed by atoms with Crippen LogP contribution in [-0.2, 0) is 19.6 Å². The molecule has 0 saturated carbocycles. The Morgan fingerprint density at radius 3 is 2.32 bits per heavy atom. The largest absolute Gasteiger partial charge is 0.347 e. The molecule has 1 amide bonds. The van der Waals surface area contributed by atoms with Crippen LogP contribution in [0, 0.1) is 6.92 Å². The maximum atomic E-state index is 12.6. The van der Waals surface area contributed by atoms with Crippen molar-refractivity contribution in [3.8, 4) is 0 Å². The molecule has 1 aromatic carbocycles. The van der Waals surface area contributed by atoms with Crippen molar-refractivity contribution in [3.63, 3.8) is 0 Å². The van der Waals surface area contributed by atoms with Gasteiger partial charge in [-0.2, -0.15) is 4.31 Å². The maximum Gasteiger partial charge on any atom is 0.287 e. The number of carbonyl (C=O) groups excluding carboxylic acids is 2. The summed E-state index contributed by atoms with van der Waals surface area (Å²) in [6.45, 7) is 4.55. The number of sulfonamides is 1. The Labute approximate surface area is 149 Å². The van der Waals surface area contributed by atoms with Crippen molar-refractivity contribution < 1.29 is 18.0 Å². The van der Waals surface area contributed by atoms with Gasteiger partial charge in [-0.1, -0.05) is 31.0 Å². The molecule has 0 radical (unpaired) electrons. The van der Waals surface area contributed by atoms with Crippen LogP contribution in [0.15, 0.2) is 29.2 Å². The molecule has 7 heteroatoms. The average molecular weight is 366 g/mol. The van der Waals surface area contributed by atoms with Crippen molar-refractivity contribution in [1.82, 2.24) is 9.62 Å². The fourth-order valence-electron chi connectivity index (χ4n) is 2.82. The second kappa shape index (κ2) is 8.58. The first kappa shape index (κ1) is 19.6. The summed E-state index contributed by atoms with van der Waals surface area (Å²) >= 11 is 0. The Kier molecular flexibility index (Phi) is 6.72. The Hall–Kier alpha value is -1.73. The molecule has 1 fully saturated rings. The first-order chi connectivity index (χ1) is 11.8. The predicted molar refractivity (Wildman–Crippen MR) is 95.6 cm³/mol. The lowest BCUT2D eigenvalue weighted by Gasteiger charge is -2.31. The van der Waals surface area contributed by atoms with Crippen molar-refractivity contribution in [3.05, 3.63) is 29.8 Å². The predicted octanol–water partition coefficient (Wildman–Crippen LogP) is 2.02. The lowest BCUT2D eigenvalue weighted by atomic mass is 10.1. The number of nitrogens with zero attached hydrogens (tertiary/aromatic N) is 1. The molecule has 1 aliphatic heterocycles. The van der Waals surface area contributed by atoms with Gasteiger partial charge in [0.2, 0.25) is 15.8 Å². The van der Waals surface area contributed by atoms with Crippen LogP contribution in [0.5, 0.6) is 0 Å². The third-order valence-corrected chi connectivity index (χ3v) is 6.37. The Morgan fingerprint density at radius 1 is 1.16 bits per heavy atom. The molecule has 1 N–H and O–H groups in total. The van der Waals surface area contributed by atoms with Crippen LogP contribution in [0.4, 0.5) is 0 Å². The lowest BCUT2D eigenvalue weighted by Crippen LogP contribution is -2.47. The fourth-order valence-corrected chi connectivity index (χ4v) is 4.29. The summed E-state index contributed by atoms with van der Waals surface area (Å²) in [6.07, 6.45) is 2.87. The number of ketones is 1. The van der Waals surface area contributed by atoms with Crippen LogP contribution in [0.25, 0.3) is 0 Å². The molecular formula is C18H26N2O4S. The third-order valence-electron chi connectivity index (χ3n) is 4.46. The number of hydrogen-bond donors (Lipinski definition) is 1. The van der Waals surface area contributed by atoms with E-state index in [0.29, 0.717) is 32.4 Å². The van der Waals surface area contributed by atoms with E-state index in [-0.39, 0.29) is 17.4 Å². The van der Waals surface area contributed by atoms with E-state index in [1.54, 1.807) is 24.3 Å². The molecule has 0 bridgehead atoms. The van der Waals surface area contributed by atoms with Crippen molar-refractivity contribution in [2.24, 2.45) is 0 Å². The number of aryl methyl sites for hydroxylation is 1. The van der Waals surface area contributed by atoms with E-state index < -0.39 is 21.7 Å². The zero-order valence-electron chi connectivity index (χ0n) is 14.8. The second-order valence-electron chi connectivity index (χ2n) is 6.49. The molecule has 0 aromatic heterocycles. The van der Waals surface area contributed by atoms with Gasteiger partial charge in [0.1, 0.15) is 0 Å². The number of piperidine rings is 1. The molecule has 0 unspecified atom stereocenters. The number of carbonyl (C=O) groups is 2. The number of rotatable bonds is 7. The number of benzene rings is 1. The van der Waals surface area contributed by atoms with Gasteiger partial charge in [-0.3, -0.25) is 9.59 Å². The summed E-state index contributed by atoms with van der Waals surface area (Å²) in [5, 5.41) is 2.74. The topological polar surface area (TPSA) is 83.6 Å². The molecule has 1 aliphatic rings. The summed E-state index contributed by atoms with van der Waals surface area (Å²) in [7, 11) is -3.51. The smallest absolute Gasteiger partial charge is 0.287 e. The van der Waals surface area contributed by atoms with Crippen molar-refractivity contribution >= 4 is 21.7 Å². The summed E-state index contributed by atoms with van der Waals surface area (Å²) in [6, 6.07) is 6.64. The molecule has 138 valence electrons. The van der Waals surface area contributed by atoms with E-state index in [0.717, 1.165) is 12.0 Å². The van der Waals surface area contributed by atoms with Gasteiger partial charge < -0.3 is 5.32 Å². The van der Waals surface area contributed by atoms with Gasteiger partial charge in [0.25, 0.3) is 5.91 Å². The van der Waals surface area contributed by atoms with Crippen LogP contribution >= 0.6 is 0 Å². The molecule has 1 aromatic rings. The van der Waals surface area contributed by atoms with Gasteiger partial charge in [-0.15, -0.1) is 0 Å². The van der Waals surface area contributed by atoms with Crippen LogP contribution < -0.4 is 5.32 Å². The number of Topliss-reactive ketones (excluding diaryl/α,β-unsaturated/α-hetero) is 1. The Balaban J connectivity index is 1.89. The van der Waals surface area contributed by atoms with E-state index >= 15 is 0 Å². The monoisotopic (exact) mass is 366 g/mol. The SMILES string of the molecule is CCCCC(=O)C(=O)NC1CCN(S(=O)(=O)c2ccc(C)cc2)CC1. The van der Waals surface area contributed by atoms with E-state index in [1.165, 1.54) is 4.31 Å². The van der Waals surface area contributed by atoms with Crippen LogP contribution in [-0.4, -0.2) is 43.5 Å². The van der Waals surface area contributed by atoms with Crippen molar-refractivity contribution in [2.75, 3.05) is 13.1 Å². The second-order valence-corrected chi connectivity index (χ2v) is 8.43. The summed E-state index contributed by atoms with van der Waals surface area (Å²) < 4.78 is 26.7. The molecule has 1 saturated heterocycles. The zero-order chi connectivity index (χ0) is 18.4. The van der Waals surface area contributed by atoms with Gasteiger partial charge in [-0.25, -0.2) is 8.42 Å². The van der Waals surface area contributed by atoms with Gasteiger partial charge in [-0.05, 0) is 38.3 Å². The molecule has 0 atom stereocenters. The minimum atomic E-state index is -3.51. The Morgan fingerprint density at radius 2 is 1.76 bits per heavy atom. The normalized spacial score (nSPS) is 16.6. The van der Waals surface area contributed by atoms with Crippen LogP contribution in [0.2, 0.25) is 0 Å². The average Bonchev–Trinajstić information content (AvgIpc) is 2.60. The third kappa shape index (κ3) is 5.12. The van der Waals surface area contributed by atoms with Crippen molar-refractivity contribution in [2.45, 2.75) is 56.9 Å². The van der Waals surface area contributed by atoms with Gasteiger partial charge in [0.15, 0.2) is 0 Å². The molecular weight excluding hydrogens is 340 g/mol. The minimum absolute atomic E-state index is 0.150. The van der Waals surface area contributed by atoms with E-state index in [9.17, 15) is 18.0 Å². The number of amides is 1. The zero-order valence-corrected chi connectivity index (χ0v) is 15.6. The van der Waals surface area contributed by atoms with E-state index in [2.05, 4.69) is 5.32 Å². The Bertz CT molecular complexity index is 705. The maximum absolute atomic E-state index is 12.6. The highest BCUT2D eigenvalue weighted by Gasteiger charge is 2.30. The summed E-state index contributed by atoms with van der Waals surface area (Å²) in [5.41, 5.74) is 1.01. The number of nitrogens with one attached hydrogen (secondary N) is 1. The molecule has 1 heterocycles. The standard InChI is InChI=1S/C18H26N2O4S/c1-3-4-5-17(21)18(22)19-15-10-12-20(13-11-15)25(23,24)16-8-6-14(2)7-9-16/h6-9,15H,3-5,10-13H2,1-2H3,(H,19,22). The molecule has 0 aliphatic carbocycles. The quantitative estimate of drug-likeness (QED) is 0.749. The summed E-state index contributed by atoms with van der Waals surface area (Å²) in [4.78, 5) is 23.8. The first-order valence-electron chi connectivity index (χ1n) is 8.75. The molecule has 0 spiro atoms. The fraction of sp³-hybridized carbons (Fsp3) is 0.556. The number of hydrogen-bond acceptors (Lipinski definition) is 4. The van der Waals surface area contributed by atoms with Crippen molar-refractivity contribution in [1.29, 1.82) is 0 Å². The van der Waals surface area contributed by atoms with Gasteiger partial charge in [0, 0.05) is 25.6 Å². The minimum Gasteiger partial charge on any atom is -0.347 e.